The number of aryl methyl sites for hydroxylation is 1. The van der Waals surface area contributed by atoms with Crippen LogP contribution in [0.2, 0.25) is 0 Å². The monoisotopic (exact) mass is 282 g/mol. The van der Waals surface area contributed by atoms with E-state index < -0.39 is 0 Å². The summed E-state index contributed by atoms with van der Waals surface area (Å²) in [6.07, 6.45) is 5.88. The molecule has 0 radical (unpaired) electrons. The highest BCUT2D eigenvalue weighted by Crippen LogP contribution is 2.26. The molecule has 0 aliphatic carbocycles. The minimum atomic E-state index is 0.672. The standard InChI is InChI=1S/C19H26N2/c1-15-9-10-19(12-17-7-4-3-6-16(17)2)21(13-15)14-18-8-5-11-20-18/h3-8,11,15,19-20H,9-10,12-14H2,1-2H3. The molecule has 1 aliphatic heterocycles. The van der Waals surface area contributed by atoms with Crippen LogP contribution in [0.4, 0.5) is 0 Å². The van der Waals surface area contributed by atoms with Crippen molar-refractivity contribution in [3.8, 4) is 0 Å². The number of nitrogens with one attached hydrogen (secondary N) is 1. The molecular formula is C19H26N2. The van der Waals surface area contributed by atoms with E-state index in [2.05, 4.69) is 60.1 Å². The Morgan fingerprint density at radius 2 is 2.00 bits per heavy atom. The highest BCUT2D eigenvalue weighted by Gasteiger charge is 2.26. The van der Waals surface area contributed by atoms with Crippen LogP contribution in [0.1, 0.15) is 36.6 Å². The summed E-state index contributed by atoms with van der Waals surface area (Å²) in [5, 5.41) is 0. The topological polar surface area (TPSA) is 19.0 Å². The van der Waals surface area contributed by atoms with E-state index in [1.54, 1.807) is 0 Å². The first kappa shape index (κ1) is 14.4. The van der Waals surface area contributed by atoms with Crippen LogP contribution in [0.5, 0.6) is 0 Å². The number of nitrogens with zero attached hydrogens (tertiary/aromatic N) is 1. The summed E-state index contributed by atoms with van der Waals surface area (Å²) in [5.41, 5.74) is 4.27. The number of aromatic nitrogens is 1. The van der Waals surface area contributed by atoms with Crippen LogP contribution in [0.25, 0.3) is 0 Å². The van der Waals surface area contributed by atoms with E-state index in [0.29, 0.717) is 6.04 Å². The zero-order chi connectivity index (χ0) is 14.7. The molecule has 2 atom stereocenters. The van der Waals surface area contributed by atoms with Gasteiger partial charge in [0.05, 0.1) is 0 Å². The van der Waals surface area contributed by atoms with Crippen LogP contribution in [-0.4, -0.2) is 22.5 Å². The van der Waals surface area contributed by atoms with Gasteiger partial charge in [0.25, 0.3) is 0 Å². The van der Waals surface area contributed by atoms with Gasteiger partial charge in [0.1, 0.15) is 0 Å². The Morgan fingerprint density at radius 1 is 1.14 bits per heavy atom. The second kappa shape index (κ2) is 6.48. The van der Waals surface area contributed by atoms with E-state index >= 15 is 0 Å². The fourth-order valence-electron chi connectivity index (χ4n) is 3.50. The lowest BCUT2D eigenvalue weighted by atomic mass is 9.89. The maximum absolute atomic E-state index is 3.35. The predicted octanol–water partition coefficient (Wildman–Crippen LogP) is 4.17. The first-order valence-corrected chi connectivity index (χ1v) is 8.13. The molecule has 2 aromatic rings. The quantitative estimate of drug-likeness (QED) is 0.892. The van der Waals surface area contributed by atoms with Crippen molar-refractivity contribution >= 4 is 0 Å². The number of hydrogen-bond acceptors (Lipinski definition) is 1. The van der Waals surface area contributed by atoms with Gasteiger partial charge in [-0.3, -0.25) is 4.90 Å². The molecule has 2 nitrogen and oxygen atoms in total. The van der Waals surface area contributed by atoms with Crippen molar-refractivity contribution in [1.82, 2.24) is 9.88 Å². The minimum absolute atomic E-state index is 0.672. The zero-order valence-corrected chi connectivity index (χ0v) is 13.2. The molecule has 0 bridgehead atoms. The Balaban J connectivity index is 1.73. The lowest BCUT2D eigenvalue weighted by Crippen LogP contribution is -2.43. The normalized spacial score (nSPS) is 23.3. The number of piperidine rings is 1. The second-order valence-electron chi connectivity index (χ2n) is 6.59. The number of likely N-dealkylation sites (tertiary alicyclic amines) is 1. The number of H-pyrrole nitrogens is 1. The molecule has 1 aromatic heterocycles. The van der Waals surface area contributed by atoms with Gasteiger partial charge < -0.3 is 4.98 Å². The van der Waals surface area contributed by atoms with Gasteiger partial charge in [-0.2, -0.15) is 0 Å². The summed E-state index contributed by atoms with van der Waals surface area (Å²) in [6.45, 7) is 6.88. The first-order chi connectivity index (χ1) is 10.2. The van der Waals surface area contributed by atoms with Crippen molar-refractivity contribution in [2.45, 2.75) is 45.7 Å². The first-order valence-electron chi connectivity index (χ1n) is 8.13. The molecule has 0 saturated carbocycles. The van der Waals surface area contributed by atoms with Gasteiger partial charge in [0, 0.05) is 31.0 Å². The van der Waals surface area contributed by atoms with Crippen molar-refractivity contribution < 1.29 is 0 Å². The number of hydrogen-bond donors (Lipinski definition) is 1. The Kier molecular flexibility index (Phi) is 4.45. The summed E-state index contributed by atoms with van der Waals surface area (Å²) in [5.74, 6) is 0.813. The average molecular weight is 282 g/mol. The smallest absolute Gasteiger partial charge is 0.0388 e. The van der Waals surface area contributed by atoms with Gasteiger partial charge in [-0.1, -0.05) is 31.2 Å². The van der Waals surface area contributed by atoms with E-state index in [1.807, 2.05) is 6.20 Å². The number of aromatic amines is 1. The third kappa shape index (κ3) is 3.56. The van der Waals surface area contributed by atoms with Crippen LogP contribution < -0.4 is 0 Å². The maximum atomic E-state index is 3.35. The Labute approximate surface area is 128 Å². The summed E-state index contributed by atoms with van der Waals surface area (Å²) in [7, 11) is 0. The van der Waals surface area contributed by atoms with Crippen molar-refractivity contribution in [1.29, 1.82) is 0 Å². The highest BCUT2D eigenvalue weighted by atomic mass is 15.2. The van der Waals surface area contributed by atoms with Gasteiger partial charge >= 0.3 is 0 Å². The minimum Gasteiger partial charge on any atom is -0.364 e. The number of benzene rings is 1. The molecule has 1 saturated heterocycles. The van der Waals surface area contributed by atoms with Crippen molar-refractivity contribution in [2.24, 2.45) is 5.92 Å². The van der Waals surface area contributed by atoms with Gasteiger partial charge in [-0.05, 0) is 55.4 Å². The van der Waals surface area contributed by atoms with Crippen LogP contribution in [0, 0.1) is 12.8 Å². The average Bonchev–Trinajstić information content (AvgIpc) is 2.97. The third-order valence-corrected chi connectivity index (χ3v) is 4.81. The number of rotatable bonds is 4. The molecular weight excluding hydrogens is 256 g/mol. The molecule has 1 fully saturated rings. The molecule has 2 heteroatoms. The molecule has 112 valence electrons. The molecule has 1 aromatic carbocycles. The van der Waals surface area contributed by atoms with Crippen molar-refractivity contribution in [3.63, 3.8) is 0 Å². The van der Waals surface area contributed by atoms with Crippen molar-refractivity contribution in [2.75, 3.05) is 6.54 Å². The fourth-order valence-corrected chi connectivity index (χ4v) is 3.50. The van der Waals surface area contributed by atoms with E-state index in [1.165, 1.54) is 42.6 Å². The van der Waals surface area contributed by atoms with E-state index in [0.717, 1.165) is 12.5 Å². The summed E-state index contributed by atoms with van der Waals surface area (Å²) < 4.78 is 0. The van der Waals surface area contributed by atoms with Gasteiger partial charge in [0.2, 0.25) is 0 Å². The Hall–Kier alpha value is -1.54. The van der Waals surface area contributed by atoms with Crippen LogP contribution in [-0.2, 0) is 13.0 Å². The lowest BCUT2D eigenvalue weighted by Gasteiger charge is -2.39. The molecule has 2 unspecified atom stereocenters. The maximum Gasteiger partial charge on any atom is 0.0388 e. The molecule has 21 heavy (non-hydrogen) atoms. The van der Waals surface area contributed by atoms with Crippen LogP contribution in [0.3, 0.4) is 0 Å². The van der Waals surface area contributed by atoms with E-state index in [9.17, 15) is 0 Å². The summed E-state index contributed by atoms with van der Waals surface area (Å²) in [6, 6.07) is 13.8. The van der Waals surface area contributed by atoms with Crippen LogP contribution in [0.15, 0.2) is 42.6 Å². The van der Waals surface area contributed by atoms with E-state index in [4.69, 9.17) is 0 Å². The molecule has 3 rings (SSSR count). The Bertz CT molecular complexity index is 559. The van der Waals surface area contributed by atoms with Gasteiger partial charge in [-0.25, -0.2) is 0 Å². The largest absolute Gasteiger partial charge is 0.364 e. The fraction of sp³-hybridized carbons (Fsp3) is 0.474. The van der Waals surface area contributed by atoms with Gasteiger partial charge in [-0.15, -0.1) is 0 Å². The Morgan fingerprint density at radius 3 is 2.76 bits per heavy atom. The summed E-state index contributed by atoms with van der Waals surface area (Å²) >= 11 is 0. The predicted molar refractivity (Wildman–Crippen MR) is 88.3 cm³/mol. The molecule has 2 heterocycles. The zero-order valence-electron chi connectivity index (χ0n) is 13.2. The molecule has 1 aliphatic rings. The second-order valence-corrected chi connectivity index (χ2v) is 6.59. The molecule has 0 spiro atoms. The van der Waals surface area contributed by atoms with Crippen LogP contribution >= 0.6 is 0 Å². The third-order valence-electron chi connectivity index (χ3n) is 4.81. The van der Waals surface area contributed by atoms with E-state index in [-0.39, 0.29) is 0 Å². The molecule has 1 N–H and O–H groups in total. The molecule has 0 amide bonds. The summed E-state index contributed by atoms with van der Waals surface area (Å²) in [4.78, 5) is 6.03. The SMILES string of the molecule is Cc1ccccc1CC1CCC(C)CN1Cc1ccc[nH]1. The lowest BCUT2D eigenvalue weighted by molar-refractivity contribution is 0.104. The van der Waals surface area contributed by atoms with Crippen molar-refractivity contribution in [3.05, 3.63) is 59.4 Å². The highest BCUT2D eigenvalue weighted by molar-refractivity contribution is 5.26. The van der Waals surface area contributed by atoms with Gasteiger partial charge in [0.15, 0.2) is 0 Å².